The molecule has 0 saturated carbocycles. The second-order valence-corrected chi connectivity index (χ2v) is 4.17. The van der Waals surface area contributed by atoms with E-state index in [4.69, 9.17) is 5.26 Å². The van der Waals surface area contributed by atoms with Crippen LogP contribution in [0.3, 0.4) is 0 Å². The van der Waals surface area contributed by atoms with Crippen molar-refractivity contribution in [3.8, 4) is 6.07 Å². The summed E-state index contributed by atoms with van der Waals surface area (Å²) in [6.45, 7) is 1.83. The van der Waals surface area contributed by atoms with Crippen molar-refractivity contribution >= 4 is 17.8 Å². The van der Waals surface area contributed by atoms with Crippen molar-refractivity contribution in [3.63, 3.8) is 0 Å². The van der Waals surface area contributed by atoms with Gasteiger partial charge < -0.3 is 15.1 Å². The molecule has 1 aromatic rings. The number of rotatable bonds is 2. The van der Waals surface area contributed by atoms with Gasteiger partial charge >= 0.3 is 11.8 Å². The van der Waals surface area contributed by atoms with E-state index < -0.39 is 11.8 Å². The molecule has 8 nitrogen and oxygen atoms in total. The highest BCUT2D eigenvalue weighted by molar-refractivity contribution is 6.35. The summed E-state index contributed by atoms with van der Waals surface area (Å²) in [6, 6.07) is 3.50. The van der Waals surface area contributed by atoms with Crippen LogP contribution in [-0.2, 0) is 9.59 Å². The summed E-state index contributed by atoms with van der Waals surface area (Å²) < 4.78 is 0. The van der Waals surface area contributed by atoms with Crippen molar-refractivity contribution in [1.29, 1.82) is 5.26 Å². The Morgan fingerprint density at radius 3 is 2.50 bits per heavy atom. The van der Waals surface area contributed by atoms with Crippen LogP contribution in [0.1, 0.15) is 0 Å². The molecule has 1 aliphatic heterocycles. The van der Waals surface area contributed by atoms with Gasteiger partial charge in [0.05, 0.1) is 6.07 Å². The molecule has 2 heterocycles. The van der Waals surface area contributed by atoms with E-state index in [9.17, 15) is 9.59 Å². The Hall–Kier alpha value is -2.69. The van der Waals surface area contributed by atoms with E-state index in [1.165, 1.54) is 4.90 Å². The van der Waals surface area contributed by atoms with E-state index in [0.717, 1.165) is 0 Å². The van der Waals surface area contributed by atoms with E-state index >= 15 is 0 Å². The summed E-state index contributed by atoms with van der Waals surface area (Å²) in [4.78, 5) is 35.0. The van der Waals surface area contributed by atoms with Crippen LogP contribution >= 0.6 is 0 Å². The molecule has 0 aliphatic carbocycles. The highest BCUT2D eigenvalue weighted by atomic mass is 16.2. The van der Waals surface area contributed by atoms with Crippen molar-refractivity contribution < 1.29 is 9.59 Å². The van der Waals surface area contributed by atoms with Crippen LogP contribution in [-0.4, -0.2) is 59.4 Å². The average Bonchev–Trinajstić information content (AvgIpc) is 2.53. The van der Waals surface area contributed by atoms with Gasteiger partial charge in [-0.15, -0.1) is 0 Å². The Bertz CT molecular complexity index is 518. The van der Waals surface area contributed by atoms with Crippen LogP contribution < -0.4 is 10.2 Å². The fraction of sp³-hybridized carbons (Fsp3) is 0.417. The maximum Gasteiger partial charge on any atom is 0.312 e. The quantitative estimate of drug-likeness (QED) is 0.535. The number of carbonyl (C=O) groups is 2. The summed E-state index contributed by atoms with van der Waals surface area (Å²) in [5, 5.41) is 10.6. The molecule has 104 valence electrons. The lowest BCUT2D eigenvalue weighted by atomic mass is 10.3. The highest BCUT2D eigenvalue weighted by Crippen LogP contribution is 2.09. The fourth-order valence-corrected chi connectivity index (χ4v) is 1.90. The molecule has 1 aromatic heterocycles. The minimum Gasteiger partial charge on any atom is -0.337 e. The van der Waals surface area contributed by atoms with E-state index in [-0.39, 0.29) is 6.54 Å². The van der Waals surface area contributed by atoms with Crippen molar-refractivity contribution in [2.45, 2.75) is 0 Å². The number of anilines is 1. The van der Waals surface area contributed by atoms with Crippen LogP contribution in [0, 0.1) is 11.3 Å². The van der Waals surface area contributed by atoms with Crippen LogP contribution in [0.25, 0.3) is 0 Å². The molecular weight excluding hydrogens is 260 g/mol. The molecule has 1 aliphatic rings. The van der Waals surface area contributed by atoms with E-state index in [1.807, 2.05) is 4.90 Å². The Morgan fingerprint density at radius 2 is 1.90 bits per heavy atom. The molecule has 0 radical (unpaired) electrons. The van der Waals surface area contributed by atoms with Crippen molar-refractivity contribution in [3.05, 3.63) is 18.5 Å². The Kier molecular flexibility index (Phi) is 4.44. The number of carbonyl (C=O) groups excluding carboxylic acids is 2. The molecule has 20 heavy (non-hydrogen) atoms. The number of amides is 2. The smallest absolute Gasteiger partial charge is 0.312 e. The summed E-state index contributed by atoms with van der Waals surface area (Å²) in [6.07, 6.45) is 3.32. The van der Waals surface area contributed by atoms with Crippen molar-refractivity contribution in [2.24, 2.45) is 0 Å². The van der Waals surface area contributed by atoms with Crippen molar-refractivity contribution in [1.82, 2.24) is 20.2 Å². The van der Waals surface area contributed by atoms with E-state index in [1.54, 1.807) is 24.5 Å². The Morgan fingerprint density at radius 1 is 1.25 bits per heavy atom. The maximum atomic E-state index is 11.8. The van der Waals surface area contributed by atoms with Crippen LogP contribution in [0.15, 0.2) is 18.5 Å². The van der Waals surface area contributed by atoms with E-state index in [2.05, 4.69) is 15.3 Å². The number of nitriles is 1. The van der Waals surface area contributed by atoms with Crippen LogP contribution in [0.5, 0.6) is 0 Å². The third kappa shape index (κ3) is 3.20. The molecular formula is C12H14N6O2. The lowest BCUT2D eigenvalue weighted by Gasteiger charge is -2.34. The topological polar surface area (TPSA) is 102 Å². The first kappa shape index (κ1) is 13.7. The molecule has 0 aromatic carbocycles. The largest absolute Gasteiger partial charge is 0.337 e. The first-order valence-corrected chi connectivity index (χ1v) is 6.18. The zero-order valence-corrected chi connectivity index (χ0v) is 10.8. The molecule has 0 spiro atoms. The number of aromatic nitrogens is 2. The van der Waals surface area contributed by atoms with Crippen molar-refractivity contribution in [2.75, 3.05) is 37.6 Å². The standard InChI is InChI=1S/C12H14N6O2/c13-2-5-14-10(19)11(20)17-6-8-18(9-7-17)12-15-3-1-4-16-12/h1,3-4H,5-9H2,(H,14,19). The van der Waals surface area contributed by atoms with Gasteiger partial charge in [-0.3, -0.25) is 9.59 Å². The zero-order valence-electron chi connectivity index (χ0n) is 10.8. The average molecular weight is 274 g/mol. The number of hydrogen-bond donors (Lipinski definition) is 1. The number of hydrogen-bond acceptors (Lipinski definition) is 6. The van der Waals surface area contributed by atoms with Gasteiger partial charge in [0, 0.05) is 38.6 Å². The number of piperazine rings is 1. The molecule has 8 heteroatoms. The SMILES string of the molecule is N#CCNC(=O)C(=O)N1CCN(c2ncccn2)CC1. The third-order valence-corrected chi connectivity index (χ3v) is 2.92. The molecule has 0 bridgehead atoms. The maximum absolute atomic E-state index is 11.8. The zero-order chi connectivity index (χ0) is 14.4. The van der Waals surface area contributed by atoms with Gasteiger partial charge in [0.15, 0.2) is 0 Å². The predicted octanol–water partition coefficient (Wildman–Crippen LogP) is -1.24. The highest BCUT2D eigenvalue weighted by Gasteiger charge is 2.26. The van der Waals surface area contributed by atoms with Gasteiger partial charge in [0.2, 0.25) is 5.95 Å². The minimum absolute atomic E-state index is 0.164. The van der Waals surface area contributed by atoms with Gasteiger partial charge in [0.25, 0.3) is 0 Å². The van der Waals surface area contributed by atoms with Gasteiger partial charge in [-0.25, -0.2) is 9.97 Å². The molecule has 1 fully saturated rings. The third-order valence-electron chi connectivity index (χ3n) is 2.92. The Balaban J connectivity index is 1.87. The second kappa shape index (κ2) is 6.47. The van der Waals surface area contributed by atoms with Crippen LogP contribution in [0.2, 0.25) is 0 Å². The summed E-state index contributed by atoms with van der Waals surface area (Å²) in [5.41, 5.74) is 0. The molecule has 2 amide bonds. The predicted molar refractivity (Wildman–Crippen MR) is 69.4 cm³/mol. The molecule has 1 N–H and O–H groups in total. The van der Waals surface area contributed by atoms with Gasteiger partial charge in [-0.05, 0) is 6.07 Å². The molecule has 1 saturated heterocycles. The van der Waals surface area contributed by atoms with Gasteiger partial charge in [-0.1, -0.05) is 0 Å². The second-order valence-electron chi connectivity index (χ2n) is 4.17. The van der Waals surface area contributed by atoms with Gasteiger partial charge in [0.1, 0.15) is 6.54 Å². The molecule has 0 atom stereocenters. The lowest BCUT2D eigenvalue weighted by Crippen LogP contribution is -2.53. The summed E-state index contributed by atoms with van der Waals surface area (Å²) >= 11 is 0. The first-order valence-electron chi connectivity index (χ1n) is 6.18. The lowest BCUT2D eigenvalue weighted by molar-refractivity contribution is -0.145. The van der Waals surface area contributed by atoms with E-state index in [0.29, 0.717) is 32.1 Å². The fourth-order valence-electron chi connectivity index (χ4n) is 1.90. The Labute approximate surface area is 116 Å². The summed E-state index contributed by atoms with van der Waals surface area (Å²) in [7, 11) is 0. The monoisotopic (exact) mass is 274 g/mol. The van der Waals surface area contributed by atoms with Crippen LogP contribution in [0.4, 0.5) is 5.95 Å². The number of nitrogens with one attached hydrogen (secondary N) is 1. The first-order chi connectivity index (χ1) is 9.72. The minimum atomic E-state index is -0.740. The molecule has 0 unspecified atom stereocenters. The normalized spacial score (nSPS) is 14.6. The molecule has 2 rings (SSSR count). The number of nitrogens with zero attached hydrogens (tertiary/aromatic N) is 5. The summed E-state index contributed by atoms with van der Waals surface area (Å²) in [5.74, 6) is -0.724. The van der Waals surface area contributed by atoms with Gasteiger partial charge in [-0.2, -0.15) is 5.26 Å².